The molecule has 1 saturated carbocycles. The molecule has 14 heteroatoms. The number of nitrogens with one attached hydrogen (secondary N) is 3. The molecule has 4 rings (SSSR count). The van der Waals surface area contributed by atoms with Gasteiger partial charge in [0.15, 0.2) is 0 Å². The summed E-state index contributed by atoms with van der Waals surface area (Å²) >= 11 is 43.7. The molecule has 3 N–H and O–H groups in total. The lowest BCUT2D eigenvalue weighted by Gasteiger charge is -2.14. The van der Waals surface area contributed by atoms with Crippen LogP contribution in [0.25, 0.3) is 0 Å². The number of hydrogen-bond donors (Lipinski definition) is 3. The summed E-state index contributed by atoms with van der Waals surface area (Å²) in [5, 5.41) is 17.2. The largest absolute Gasteiger partial charge is 0.326 e. The van der Waals surface area contributed by atoms with Gasteiger partial charge in [0.05, 0.1) is 54.0 Å². The highest BCUT2D eigenvalue weighted by Gasteiger charge is 2.67. The summed E-state index contributed by atoms with van der Waals surface area (Å²) in [5.74, 6) is -3.10. The summed E-state index contributed by atoms with van der Waals surface area (Å²) in [6.07, 6.45) is -0.416. The van der Waals surface area contributed by atoms with Gasteiger partial charge in [-0.3, -0.25) is 14.4 Å². The third kappa shape index (κ3) is 6.40. The summed E-state index contributed by atoms with van der Waals surface area (Å²) < 4.78 is -1.38. The van der Waals surface area contributed by atoms with E-state index in [4.69, 9.17) is 86.5 Å². The van der Waals surface area contributed by atoms with Crippen LogP contribution < -0.4 is 16.0 Å². The van der Waals surface area contributed by atoms with Crippen molar-refractivity contribution >= 4 is 116 Å². The van der Waals surface area contributed by atoms with E-state index < -0.39 is 40.3 Å². The molecule has 2 atom stereocenters. The second-order valence-electron chi connectivity index (χ2n) is 8.61. The maximum Gasteiger partial charge on any atom is 0.257 e. The number of carbonyl (C=O) groups excluding carboxylic acids is 3. The van der Waals surface area contributed by atoms with Crippen LogP contribution in [0.2, 0.25) is 25.1 Å². The maximum absolute atomic E-state index is 13.1. The molecule has 3 aromatic carbocycles. The smallest absolute Gasteiger partial charge is 0.257 e. The number of carbonyl (C=O) groups is 3. The average Bonchev–Trinajstić information content (AvgIpc) is 3.48. The summed E-state index contributed by atoms with van der Waals surface area (Å²) in [7, 11) is 0. The van der Waals surface area contributed by atoms with Crippen LogP contribution in [0.3, 0.4) is 0 Å². The molecule has 0 heterocycles. The van der Waals surface area contributed by atoms with Crippen molar-refractivity contribution in [3.05, 3.63) is 84.8 Å². The first-order valence-electron chi connectivity index (χ1n) is 11.2. The number of halogens is 7. The van der Waals surface area contributed by atoms with Gasteiger partial charge in [0, 0.05) is 11.6 Å². The predicted octanol–water partition coefficient (Wildman–Crippen LogP) is 8.58. The first kappa shape index (κ1) is 30.5. The Balaban J connectivity index is 1.51. The molecule has 0 aromatic heterocycles. The molecule has 40 heavy (non-hydrogen) atoms. The number of rotatable bonds is 7. The third-order valence-corrected chi connectivity index (χ3v) is 8.68. The Kier molecular flexibility index (Phi) is 9.33. The lowest BCUT2D eigenvalue weighted by molar-refractivity contribution is -0.117. The first-order chi connectivity index (χ1) is 18.8. The first-order valence-corrected chi connectivity index (χ1v) is 13.9. The molecule has 0 bridgehead atoms. The number of alkyl halides is 2. The molecule has 0 spiro atoms. The summed E-state index contributed by atoms with van der Waals surface area (Å²) in [6.45, 7) is 0. The van der Waals surface area contributed by atoms with E-state index >= 15 is 0 Å². The van der Waals surface area contributed by atoms with Gasteiger partial charge >= 0.3 is 0 Å². The monoisotopic (exact) mass is 676 g/mol. The summed E-state index contributed by atoms with van der Waals surface area (Å²) in [6, 6.07) is 13.8. The van der Waals surface area contributed by atoms with Crippen molar-refractivity contribution < 1.29 is 14.4 Å². The molecule has 0 saturated heterocycles. The molecule has 3 aromatic rings. The predicted molar refractivity (Wildman–Crippen MR) is 160 cm³/mol. The fraction of sp³-hybridized carbons (Fsp3) is 0.154. The zero-order chi connectivity index (χ0) is 29.4. The normalized spacial score (nSPS) is 16.9. The van der Waals surface area contributed by atoms with Crippen LogP contribution in [-0.4, -0.2) is 22.1 Å². The highest BCUT2D eigenvalue weighted by Crippen LogP contribution is 2.65. The van der Waals surface area contributed by atoms with E-state index in [0.717, 1.165) is 0 Å². The molecule has 7 nitrogen and oxygen atoms in total. The van der Waals surface area contributed by atoms with Gasteiger partial charge < -0.3 is 16.0 Å². The molecule has 1 fully saturated rings. The van der Waals surface area contributed by atoms with Crippen LogP contribution in [0, 0.1) is 17.2 Å². The van der Waals surface area contributed by atoms with Crippen LogP contribution >= 0.6 is 81.2 Å². The molecule has 1 aliphatic rings. The summed E-state index contributed by atoms with van der Waals surface area (Å²) in [5.41, 5.74) is 1.07. The minimum absolute atomic E-state index is 0.0142. The van der Waals surface area contributed by atoms with Crippen LogP contribution in [0.5, 0.6) is 0 Å². The highest BCUT2D eigenvalue weighted by atomic mass is 35.5. The van der Waals surface area contributed by atoms with E-state index in [1.54, 1.807) is 24.3 Å². The number of amides is 3. The number of nitrogens with zero attached hydrogens (tertiary/aromatic N) is 1. The van der Waals surface area contributed by atoms with E-state index in [2.05, 4.69) is 16.0 Å². The van der Waals surface area contributed by atoms with Gasteiger partial charge in [-0.2, -0.15) is 5.26 Å². The zero-order valence-electron chi connectivity index (χ0n) is 19.8. The Hall–Kier alpha value is -2.41. The van der Waals surface area contributed by atoms with E-state index in [9.17, 15) is 14.4 Å². The molecular weight excluding hydrogens is 664 g/mol. The Morgan fingerprint density at radius 2 is 1.50 bits per heavy atom. The summed E-state index contributed by atoms with van der Waals surface area (Å²) in [4.78, 5) is 38.0. The third-order valence-electron chi connectivity index (χ3n) is 5.96. The van der Waals surface area contributed by atoms with Gasteiger partial charge in [0.1, 0.15) is 10.8 Å². The van der Waals surface area contributed by atoms with Crippen molar-refractivity contribution in [2.24, 2.45) is 5.92 Å². The van der Waals surface area contributed by atoms with Crippen LogP contribution in [-0.2, 0) is 9.59 Å². The highest BCUT2D eigenvalue weighted by molar-refractivity contribution is 6.53. The van der Waals surface area contributed by atoms with E-state index in [1.165, 1.54) is 30.3 Å². The quantitative estimate of drug-likeness (QED) is 0.217. The van der Waals surface area contributed by atoms with Crippen molar-refractivity contribution in [1.29, 1.82) is 5.26 Å². The SMILES string of the molecule is N#CCC(=O)Nc1c(Cl)ccc(NC(=O)c2cc(NC(=O)C3[C@H](c4ccc(Cl)c(Cl)c4)C3(Cl)Cl)ccc2Cl)c1Cl. The average molecular weight is 680 g/mol. The number of nitriles is 1. The van der Waals surface area contributed by atoms with Crippen molar-refractivity contribution in [2.45, 2.75) is 16.7 Å². The van der Waals surface area contributed by atoms with Crippen LogP contribution in [0.4, 0.5) is 17.1 Å². The van der Waals surface area contributed by atoms with Crippen molar-refractivity contribution in [2.75, 3.05) is 16.0 Å². The van der Waals surface area contributed by atoms with Crippen molar-refractivity contribution in [3.8, 4) is 6.07 Å². The molecule has 1 unspecified atom stereocenters. The number of anilines is 3. The minimum atomic E-state index is -1.38. The number of benzene rings is 3. The topological polar surface area (TPSA) is 111 Å². The lowest BCUT2D eigenvalue weighted by Crippen LogP contribution is -2.18. The van der Waals surface area contributed by atoms with Gasteiger partial charge in [-0.1, -0.05) is 64.1 Å². The van der Waals surface area contributed by atoms with Gasteiger partial charge in [0.25, 0.3) is 5.91 Å². The lowest BCUT2D eigenvalue weighted by atomic mass is 10.1. The fourth-order valence-corrected chi connectivity index (χ4v) is 5.83. The van der Waals surface area contributed by atoms with Gasteiger partial charge in [-0.15, -0.1) is 23.2 Å². The molecular formula is C26H15Cl7N4O3. The maximum atomic E-state index is 13.1. The Morgan fingerprint density at radius 1 is 0.825 bits per heavy atom. The van der Waals surface area contributed by atoms with Crippen molar-refractivity contribution in [3.63, 3.8) is 0 Å². The molecule has 1 aliphatic carbocycles. The Bertz CT molecular complexity index is 1590. The van der Waals surface area contributed by atoms with Gasteiger partial charge in [-0.25, -0.2) is 0 Å². The Morgan fingerprint density at radius 3 is 2.17 bits per heavy atom. The fourth-order valence-electron chi connectivity index (χ4n) is 3.98. The molecule has 0 aliphatic heterocycles. The van der Waals surface area contributed by atoms with Crippen LogP contribution in [0.1, 0.15) is 28.3 Å². The van der Waals surface area contributed by atoms with Gasteiger partial charge in [0.2, 0.25) is 11.8 Å². The zero-order valence-corrected chi connectivity index (χ0v) is 25.1. The standard InChI is InChI=1S/C26H15Cl7N4O3/c27-14-4-2-12(35-25(40)21-20(26(21,32)33)11-1-3-15(28)17(30)9-11)10-13(14)24(39)36-18-6-5-16(29)23(22(18)31)37-19(38)7-8-34/h1-6,9-10,20-21H,7H2,(H,35,40)(H,36,39)(H,37,38)/t20-,21?/m0/s1. The van der Waals surface area contributed by atoms with E-state index in [0.29, 0.717) is 15.6 Å². The second-order valence-corrected chi connectivity index (χ2v) is 12.1. The molecule has 0 radical (unpaired) electrons. The Labute approximate surface area is 263 Å². The van der Waals surface area contributed by atoms with Crippen LogP contribution in [0.15, 0.2) is 48.5 Å². The molecule has 206 valence electrons. The minimum Gasteiger partial charge on any atom is -0.326 e. The second kappa shape index (κ2) is 12.2. The van der Waals surface area contributed by atoms with E-state index in [-0.39, 0.29) is 37.7 Å². The molecule has 3 amide bonds. The van der Waals surface area contributed by atoms with Crippen molar-refractivity contribution in [1.82, 2.24) is 0 Å². The number of hydrogen-bond acceptors (Lipinski definition) is 4. The van der Waals surface area contributed by atoms with Gasteiger partial charge in [-0.05, 0) is 48.0 Å². The van der Waals surface area contributed by atoms with E-state index in [1.807, 2.05) is 0 Å².